The van der Waals surface area contributed by atoms with Crippen molar-refractivity contribution >= 4 is 17.6 Å². The van der Waals surface area contributed by atoms with Gasteiger partial charge in [-0.2, -0.15) is 0 Å². The number of hydrogen-bond donors (Lipinski definition) is 3. The van der Waals surface area contributed by atoms with Crippen LogP contribution in [-0.4, -0.2) is 35.0 Å². The summed E-state index contributed by atoms with van der Waals surface area (Å²) in [7, 11) is 0. The Morgan fingerprint density at radius 3 is 2.65 bits per heavy atom. The van der Waals surface area contributed by atoms with E-state index in [0.29, 0.717) is 48.9 Å². The second-order valence-corrected chi connectivity index (χ2v) is 7.00. The number of hydrogen-bond acceptors (Lipinski definition) is 7. The van der Waals surface area contributed by atoms with Gasteiger partial charge in [-0.25, -0.2) is 9.97 Å². The minimum atomic E-state index is -0.737. The van der Waals surface area contributed by atoms with Gasteiger partial charge in [0.2, 0.25) is 0 Å². The van der Waals surface area contributed by atoms with Crippen molar-refractivity contribution in [2.24, 2.45) is 5.73 Å². The minimum absolute atomic E-state index is 0.0106. The number of carbonyl (C=O) groups is 2. The Hall–Kier alpha value is -4.14. The average molecular weight is 419 g/mol. The van der Waals surface area contributed by atoms with E-state index in [1.165, 1.54) is 6.20 Å². The third kappa shape index (κ3) is 4.72. The van der Waals surface area contributed by atoms with Gasteiger partial charge in [0.1, 0.15) is 13.2 Å². The second-order valence-electron chi connectivity index (χ2n) is 7.00. The zero-order valence-corrected chi connectivity index (χ0v) is 16.6. The van der Waals surface area contributed by atoms with Crippen LogP contribution in [-0.2, 0) is 13.0 Å². The monoisotopic (exact) mass is 419 g/mol. The van der Waals surface area contributed by atoms with Crippen LogP contribution in [0.4, 0.5) is 5.82 Å². The Kier molecular flexibility index (Phi) is 5.65. The number of rotatable bonds is 6. The lowest BCUT2D eigenvalue weighted by Gasteiger charge is -2.19. The van der Waals surface area contributed by atoms with Crippen molar-refractivity contribution in [3.05, 3.63) is 76.7 Å². The molecular formula is C22H21N5O4. The van der Waals surface area contributed by atoms with Crippen molar-refractivity contribution < 1.29 is 19.1 Å². The Morgan fingerprint density at radius 2 is 1.84 bits per heavy atom. The molecule has 9 heteroatoms. The van der Waals surface area contributed by atoms with Gasteiger partial charge in [-0.15, -0.1) is 0 Å². The summed E-state index contributed by atoms with van der Waals surface area (Å²) in [6, 6.07) is 12.7. The lowest BCUT2D eigenvalue weighted by molar-refractivity contribution is 0.0949. The highest BCUT2D eigenvalue weighted by Gasteiger charge is 2.14. The molecule has 2 amide bonds. The van der Waals surface area contributed by atoms with Crippen LogP contribution in [0.25, 0.3) is 0 Å². The van der Waals surface area contributed by atoms with E-state index in [9.17, 15) is 9.59 Å². The molecule has 0 fully saturated rings. The van der Waals surface area contributed by atoms with Crippen LogP contribution < -0.4 is 26.3 Å². The SMILES string of the molecule is NC(=O)c1nc(Cc2cccc(C(=O)NCc3ccc4c(c3)OCCO4)c2)cnc1N. The quantitative estimate of drug-likeness (QED) is 0.549. The normalized spacial score (nSPS) is 12.3. The molecular weight excluding hydrogens is 398 g/mol. The summed E-state index contributed by atoms with van der Waals surface area (Å²) in [5, 5.41) is 2.90. The molecule has 1 aromatic heterocycles. The zero-order chi connectivity index (χ0) is 21.8. The first-order valence-corrected chi connectivity index (χ1v) is 9.66. The fraction of sp³-hybridized carbons (Fsp3) is 0.182. The number of nitrogens with two attached hydrogens (primary N) is 2. The van der Waals surface area contributed by atoms with E-state index in [1.807, 2.05) is 24.3 Å². The number of ether oxygens (including phenoxy) is 2. The van der Waals surface area contributed by atoms with Crippen LogP contribution in [0.2, 0.25) is 0 Å². The Bertz CT molecular complexity index is 1150. The Labute approximate surface area is 178 Å². The summed E-state index contributed by atoms with van der Waals surface area (Å²) in [4.78, 5) is 32.2. The lowest BCUT2D eigenvalue weighted by atomic mass is 10.1. The molecule has 0 aliphatic carbocycles. The van der Waals surface area contributed by atoms with Crippen LogP contribution in [0.3, 0.4) is 0 Å². The fourth-order valence-electron chi connectivity index (χ4n) is 3.22. The van der Waals surface area contributed by atoms with Crippen LogP contribution in [0.1, 0.15) is 37.7 Å². The maximum Gasteiger partial charge on any atom is 0.271 e. The van der Waals surface area contributed by atoms with Crippen LogP contribution in [0.15, 0.2) is 48.7 Å². The molecule has 0 saturated heterocycles. The van der Waals surface area contributed by atoms with E-state index >= 15 is 0 Å². The van der Waals surface area contributed by atoms with Gasteiger partial charge in [-0.05, 0) is 35.4 Å². The topological polar surface area (TPSA) is 142 Å². The summed E-state index contributed by atoms with van der Waals surface area (Å²) < 4.78 is 11.1. The molecule has 1 aliphatic heterocycles. The number of benzene rings is 2. The molecule has 0 spiro atoms. The molecule has 0 atom stereocenters. The van der Waals surface area contributed by atoms with E-state index < -0.39 is 5.91 Å². The van der Waals surface area contributed by atoms with E-state index in [4.69, 9.17) is 20.9 Å². The number of aromatic nitrogens is 2. The zero-order valence-electron chi connectivity index (χ0n) is 16.6. The molecule has 4 rings (SSSR count). The van der Waals surface area contributed by atoms with E-state index in [-0.39, 0.29) is 17.4 Å². The average Bonchev–Trinajstić information content (AvgIpc) is 2.78. The smallest absolute Gasteiger partial charge is 0.271 e. The van der Waals surface area contributed by atoms with Crippen LogP contribution >= 0.6 is 0 Å². The number of amides is 2. The molecule has 158 valence electrons. The van der Waals surface area contributed by atoms with Gasteiger partial charge in [-0.3, -0.25) is 9.59 Å². The Morgan fingerprint density at radius 1 is 1.03 bits per heavy atom. The molecule has 31 heavy (non-hydrogen) atoms. The second kappa shape index (κ2) is 8.70. The molecule has 5 N–H and O–H groups in total. The molecule has 2 heterocycles. The molecule has 0 unspecified atom stereocenters. The molecule has 0 radical (unpaired) electrons. The van der Waals surface area contributed by atoms with Gasteiger partial charge in [0, 0.05) is 18.5 Å². The first-order valence-electron chi connectivity index (χ1n) is 9.66. The standard InChI is InChI=1S/C22H21N5O4/c23-20-19(21(24)28)27-16(12-25-20)9-13-2-1-3-15(8-13)22(29)26-11-14-4-5-17-18(10-14)31-7-6-30-17/h1-5,8,10,12H,6-7,9,11H2,(H2,23,25)(H2,24,28)(H,26,29). The van der Waals surface area contributed by atoms with Gasteiger partial charge in [0.05, 0.1) is 11.9 Å². The van der Waals surface area contributed by atoms with Gasteiger partial charge in [0.25, 0.3) is 11.8 Å². The highest BCUT2D eigenvalue weighted by Crippen LogP contribution is 2.30. The molecule has 1 aliphatic rings. The van der Waals surface area contributed by atoms with Gasteiger partial charge in [-0.1, -0.05) is 18.2 Å². The fourth-order valence-corrected chi connectivity index (χ4v) is 3.22. The van der Waals surface area contributed by atoms with E-state index in [2.05, 4.69) is 15.3 Å². The largest absolute Gasteiger partial charge is 0.486 e. The van der Waals surface area contributed by atoms with Crippen molar-refractivity contribution in [2.45, 2.75) is 13.0 Å². The number of primary amides is 1. The van der Waals surface area contributed by atoms with Crippen molar-refractivity contribution in [3.63, 3.8) is 0 Å². The molecule has 9 nitrogen and oxygen atoms in total. The van der Waals surface area contributed by atoms with E-state index in [1.54, 1.807) is 18.2 Å². The third-order valence-corrected chi connectivity index (χ3v) is 4.72. The number of anilines is 1. The summed E-state index contributed by atoms with van der Waals surface area (Å²) >= 11 is 0. The summed E-state index contributed by atoms with van der Waals surface area (Å²) in [6.07, 6.45) is 1.85. The van der Waals surface area contributed by atoms with E-state index in [0.717, 1.165) is 11.1 Å². The first kappa shape index (κ1) is 20.1. The minimum Gasteiger partial charge on any atom is -0.486 e. The van der Waals surface area contributed by atoms with Crippen molar-refractivity contribution in [3.8, 4) is 11.5 Å². The number of carbonyl (C=O) groups excluding carboxylic acids is 2. The number of fused-ring (bicyclic) bond motifs is 1. The highest BCUT2D eigenvalue weighted by molar-refractivity contribution is 5.95. The van der Waals surface area contributed by atoms with Gasteiger partial charge < -0.3 is 26.3 Å². The molecule has 0 saturated carbocycles. The third-order valence-electron chi connectivity index (χ3n) is 4.72. The number of nitrogens with zero attached hydrogens (tertiary/aromatic N) is 2. The van der Waals surface area contributed by atoms with Crippen molar-refractivity contribution in [1.29, 1.82) is 0 Å². The Balaban J connectivity index is 1.42. The maximum atomic E-state index is 12.6. The molecule has 0 bridgehead atoms. The van der Waals surface area contributed by atoms with Crippen molar-refractivity contribution in [2.75, 3.05) is 18.9 Å². The maximum absolute atomic E-state index is 12.6. The molecule has 3 aromatic rings. The van der Waals surface area contributed by atoms with Crippen LogP contribution in [0.5, 0.6) is 11.5 Å². The predicted octanol–water partition coefficient (Wildman–Crippen LogP) is 1.45. The predicted molar refractivity (Wildman–Crippen MR) is 113 cm³/mol. The van der Waals surface area contributed by atoms with Crippen molar-refractivity contribution in [1.82, 2.24) is 15.3 Å². The van der Waals surface area contributed by atoms with Gasteiger partial charge >= 0.3 is 0 Å². The number of nitrogen functional groups attached to an aromatic ring is 1. The summed E-state index contributed by atoms with van der Waals surface area (Å²) in [6.45, 7) is 1.39. The summed E-state index contributed by atoms with van der Waals surface area (Å²) in [5.41, 5.74) is 13.6. The summed E-state index contributed by atoms with van der Waals surface area (Å²) in [5.74, 6) is 0.430. The molecule has 2 aromatic carbocycles. The van der Waals surface area contributed by atoms with Crippen LogP contribution in [0, 0.1) is 0 Å². The first-order chi connectivity index (χ1) is 15.0. The van der Waals surface area contributed by atoms with Gasteiger partial charge in [0.15, 0.2) is 23.0 Å². The lowest BCUT2D eigenvalue weighted by Crippen LogP contribution is -2.23. The highest BCUT2D eigenvalue weighted by atomic mass is 16.6. The number of nitrogens with one attached hydrogen (secondary N) is 1.